The Labute approximate surface area is 158 Å². The minimum absolute atomic E-state index is 0.102. The molecule has 27 heavy (non-hydrogen) atoms. The van der Waals surface area contributed by atoms with E-state index in [1.807, 2.05) is 6.92 Å². The fourth-order valence-corrected chi connectivity index (χ4v) is 4.12. The third-order valence-corrected chi connectivity index (χ3v) is 5.55. The Morgan fingerprint density at radius 1 is 1.30 bits per heavy atom. The molecule has 0 saturated carbocycles. The van der Waals surface area contributed by atoms with E-state index in [-0.39, 0.29) is 17.8 Å². The van der Waals surface area contributed by atoms with Crippen molar-refractivity contribution < 1.29 is 13.9 Å². The summed E-state index contributed by atoms with van der Waals surface area (Å²) in [6, 6.07) is 6.34. The minimum Gasteiger partial charge on any atom is -0.377 e. The second-order valence-electron chi connectivity index (χ2n) is 7.66. The van der Waals surface area contributed by atoms with Crippen LogP contribution in [0.25, 0.3) is 10.9 Å². The molecule has 3 heterocycles. The average molecular weight is 371 g/mol. The van der Waals surface area contributed by atoms with Crippen LogP contribution in [0.1, 0.15) is 41.7 Å². The number of carbonyl (C=O) groups is 1. The fourth-order valence-electron chi connectivity index (χ4n) is 4.12. The van der Waals surface area contributed by atoms with Gasteiger partial charge in [0.15, 0.2) is 0 Å². The van der Waals surface area contributed by atoms with Crippen molar-refractivity contribution in [2.24, 2.45) is 0 Å². The van der Waals surface area contributed by atoms with Crippen molar-refractivity contribution in [2.45, 2.75) is 44.8 Å². The van der Waals surface area contributed by atoms with Gasteiger partial charge in [0.2, 0.25) is 0 Å². The van der Waals surface area contributed by atoms with Crippen LogP contribution >= 0.6 is 0 Å². The van der Waals surface area contributed by atoms with Crippen LogP contribution in [0.5, 0.6) is 0 Å². The van der Waals surface area contributed by atoms with Gasteiger partial charge in [-0.1, -0.05) is 0 Å². The molecule has 4 rings (SSSR count). The predicted octanol–water partition coefficient (Wildman–Crippen LogP) is 3.06. The number of aromatic nitrogens is 1. The standard InChI is InChI=1S/C21H26FN3O2/c1-14-11-19(18-5-4-15(22)12-20(18)23-14)21(26)24-16-6-8-25(9-7-16)13-17-3-2-10-27-17/h4-5,11-12,16-17H,2-3,6-10,13H2,1H3,(H,24,26)/t17-/m1/s1. The summed E-state index contributed by atoms with van der Waals surface area (Å²) in [5, 5.41) is 3.86. The predicted molar refractivity (Wildman–Crippen MR) is 102 cm³/mol. The highest BCUT2D eigenvalue weighted by Crippen LogP contribution is 2.21. The molecule has 1 N–H and O–H groups in total. The van der Waals surface area contributed by atoms with Crippen molar-refractivity contribution in [3.05, 3.63) is 41.3 Å². The van der Waals surface area contributed by atoms with Gasteiger partial charge < -0.3 is 15.0 Å². The van der Waals surface area contributed by atoms with Gasteiger partial charge in [0, 0.05) is 49.4 Å². The van der Waals surface area contributed by atoms with Gasteiger partial charge in [-0.3, -0.25) is 9.78 Å². The molecular weight excluding hydrogens is 345 g/mol. The zero-order valence-electron chi connectivity index (χ0n) is 15.7. The molecule has 0 aliphatic carbocycles. The number of hydrogen-bond donors (Lipinski definition) is 1. The van der Waals surface area contributed by atoms with Crippen molar-refractivity contribution in [1.82, 2.24) is 15.2 Å². The van der Waals surface area contributed by atoms with Crippen LogP contribution in [0, 0.1) is 12.7 Å². The van der Waals surface area contributed by atoms with Gasteiger partial charge in [-0.25, -0.2) is 4.39 Å². The Balaban J connectivity index is 1.39. The molecule has 2 aliphatic heterocycles. The molecule has 1 amide bonds. The van der Waals surface area contributed by atoms with E-state index in [0.717, 1.165) is 45.5 Å². The number of benzene rings is 1. The monoisotopic (exact) mass is 371 g/mol. The lowest BCUT2D eigenvalue weighted by atomic mass is 10.0. The maximum Gasteiger partial charge on any atom is 0.252 e. The maximum atomic E-state index is 13.5. The molecule has 5 nitrogen and oxygen atoms in total. The molecule has 0 unspecified atom stereocenters. The van der Waals surface area contributed by atoms with E-state index in [4.69, 9.17) is 4.74 Å². The number of aryl methyl sites for hydroxylation is 1. The van der Waals surface area contributed by atoms with Crippen LogP contribution in [-0.2, 0) is 4.74 Å². The molecule has 2 fully saturated rings. The smallest absolute Gasteiger partial charge is 0.252 e. The number of ether oxygens (including phenoxy) is 1. The zero-order chi connectivity index (χ0) is 18.8. The van der Waals surface area contributed by atoms with Crippen LogP contribution in [0.3, 0.4) is 0 Å². The third kappa shape index (κ3) is 4.28. The van der Waals surface area contributed by atoms with Crippen LogP contribution in [0.15, 0.2) is 24.3 Å². The number of fused-ring (bicyclic) bond motifs is 1. The van der Waals surface area contributed by atoms with E-state index < -0.39 is 0 Å². The summed E-state index contributed by atoms with van der Waals surface area (Å²) >= 11 is 0. The Morgan fingerprint density at radius 3 is 2.85 bits per heavy atom. The Hall–Kier alpha value is -2.05. The summed E-state index contributed by atoms with van der Waals surface area (Å²) in [4.78, 5) is 19.6. The van der Waals surface area contributed by atoms with Gasteiger partial charge in [0.05, 0.1) is 17.2 Å². The number of likely N-dealkylation sites (tertiary alicyclic amines) is 1. The van der Waals surface area contributed by atoms with E-state index in [9.17, 15) is 9.18 Å². The second kappa shape index (κ2) is 7.90. The first-order chi connectivity index (χ1) is 13.1. The number of halogens is 1. The SMILES string of the molecule is Cc1cc(C(=O)NC2CCN(C[C@H]3CCCO3)CC2)c2ccc(F)cc2n1. The molecule has 0 spiro atoms. The number of hydrogen-bond acceptors (Lipinski definition) is 4. The van der Waals surface area contributed by atoms with Crippen molar-refractivity contribution in [3.8, 4) is 0 Å². The van der Waals surface area contributed by atoms with Gasteiger partial charge in [0.1, 0.15) is 5.82 Å². The largest absolute Gasteiger partial charge is 0.377 e. The second-order valence-corrected chi connectivity index (χ2v) is 7.66. The van der Waals surface area contributed by atoms with Gasteiger partial charge >= 0.3 is 0 Å². The highest BCUT2D eigenvalue weighted by molar-refractivity contribution is 6.06. The Bertz CT molecular complexity index is 822. The van der Waals surface area contributed by atoms with Crippen molar-refractivity contribution in [1.29, 1.82) is 0 Å². The molecule has 6 heteroatoms. The van der Waals surface area contributed by atoms with Crippen LogP contribution < -0.4 is 5.32 Å². The summed E-state index contributed by atoms with van der Waals surface area (Å²) in [5.74, 6) is -0.444. The lowest BCUT2D eigenvalue weighted by Gasteiger charge is -2.33. The van der Waals surface area contributed by atoms with E-state index >= 15 is 0 Å². The normalized spacial score (nSPS) is 21.6. The Kier molecular flexibility index (Phi) is 5.36. The van der Waals surface area contributed by atoms with Gasteiger partial charge in [0.25, 0.3) is 5.91 Å². The van der Waals surface area contributed by atoms with Crippen LogP contribution in [-0.4, -0.2) is 54.2 Å². The molecule has 144 valence electrons. The van der Waals surface area contributed by atoms with Crippen LogP contribution in [0.4, 0.5) is 4.39 Å². The number of nitrogens with zero attached hydrogens (tertiary/aromatic N) is 2. The van der Waals surface area contributed by atoms with Crippen molar-refractivity contribution in [3.63, 3.8) is 0 Å². The van der Waals surface area contributed by atoms with Crippen LogP contribution in [0.2, 0.25) is 0 Å². The number of rotatable bonds is 4. The van der Waals surface area contributed by atoms with E-state index in [1.165, 1.54) is 18.6 Å². The molecule has 1 atom stereocenters. The third-order valence-electron chi connectivity index (χ3n) is 5.55. The maximum absolute atomic E-state index is 13.5. The first kappa shape index (κ1) is 18.3. The quantitative estimate of drug-likeness (QED) is 0.898. The fraction of sp³-hybridized carbons (Fsp3) is 0.524. The van der Waals surface area contributed by atoms with Crippen molar-refractivity contribution >= 4 is 16.8 Å². The summed E-state index contributed by atoms with van der Waals surface area (Å²) in [5.41, 5.74) is 1.80. The highest BCUT2D eigenvalue weighted by Gasteiger charge is 2.25. The summed E-state index contributed by atoms with van der Waals surface area (Å²) in [7, 11) is 0. The average Bonchev–Trinajstić information content (AvgIpc) is 3.15. The van der Waals surface area contributed by atoms with Gasteiger partial charge in [-0.15, -0.1) is 0 Å². The summed E-state index contributed by atoms with van der Waals surface area (Å²) in [6.45, 7) is 5.67. The lowest BCUT2D eigenvalue weighted by molar-refractivity contribution is 0.0613. The molecular formula is C21H26FN3O2. The first-order valence-electron chi connectivity index (χ1n) is 9.80. The highest BCUT2D eigenvalue weighted by atomic mass is 19.1. The molecule has 0 bridgehead atoms. The van der Waals surface area contributed by atoms with Gasteiger partial charge in [-0.2, -0.15) is 0 Å². The lowest BCUT2D eigenvalue weighted by Crippen LogP contribution is -2.46. The zero-order valence-corrected chi connectivity index (χ0v) is 15.7. The van der Waals surface area contributed by atoms with Gasteiger partial charge in [-0.05, 0) is 50.8 Å². The molecule has 1 aromatic carbocycles. The summed E-state index contributed by atoms with van der Waals surface area (Å²) < 4.78 is 19.2. The Morgan fingerprint density at radius 2 is 2.11 bits per heavy atom. The number of piperidine rings is 1. The molecule has 2 saturated heterocycles. The minimum atomic E-state index is -0.342. The summed E-state index contributed by atoms with van der Waals surface area (Å²) in [6.07, 6.45) is 4.58. The first-order valence-corrected chi connectivity index (χ1v) is 9.80. The molecule has 1 aromatic heterocycles. The van der Waals surface area contributed by atoms with E-state index in [0.29, 0.717) is 28.3 Å². The van der Waals surface area contributed by atoms with E-state index in [2.05, 4.69) is 15.2 Å². The molecule has 0 radical (unpaired) electrons. The molecule has 2 aliphatic rings. The topological polar surface area (TPSA) is 54.5 Å². The number of carbonyl (C=O) groups excluding carboxylic acids is 1. The van der Waals surface area contributed by atoms with E-state index in [1.54, 1.807) is 12.1 Å². The molecule has 2 aromatic rings. The number of pyridine rings is 1. The van der Waals surface area contributed by atoms with Crippen molar-refractivity contribution in [2.75, 3.05) is 26.2 Å². The number of amides is 1. The number of nitrogens with one attached hydrogen (secondary N) is 1.